The highest BCUT2D eigenvalue weighted by atomic mass is 16.7. The van der Waals surface area contributed by atoms with E-state index in [-0.39, 0.29) is 43.5 Å². The fraction of sp³-hybridized carbons (Fsp3) is 0.683. The minimum Gasteiger partial charge on any atom is -0.459 e. The molecule has 0 radical (unpaired) electrons. The molecule has 11 heteroatoms. The number of carbonyl (C=O) groups excluding carboxylic acids is 2. The van der Waals surface area contributed by atoms with Gasteiger partial charge in [-0.2, -0.15) is 0 Å². The van der Waals surface area contributed by atoms with Crippen LogP contribution in [-0.2, 0) is 14.4 Å². The molecular formula is C41H61N3O8. The third kappa shape index (κ3) is 8.85. The first kappa shape index (κ1) is 39.8. The number of ether oxygens (including phenoxy) is 3. The molecular weight excluding hydrogens is 662 g/mol. The average Bonchev–Trinajstić information content (AvgIpc) is 3.67. The van der Waals surface area contributed by atoms with Crippen LogP contribution in [0.2, 0.25) is 0 Å². The first-order valence-corrected chi connectivity index (χ1v) is 19.7. The van der Waals surface area contributed by atoms with Gasteiger partial charge in [0, 0.05) is 51.1 Å². The Kier molecular flexibility index (Phi) is 14.6. The second-order valence-corrected chi connectivity index (χ2v) is 14.8. The third-order valence-corrected chi connectivity index (χ3v) is 11.6. The molecule has 0 aromatic heterocycles. The molecule has 2 saturated carbocycles. The zero-order chi connectivity index (χ0) is 37.1. The van der Waals surface area contributed by atoms with Crippen LogP contribution in [0.5, 0.6) is 11.5 Å². The molecule has 5 rings (SSSR count). The number of aliphatic hydroxyl groups is 2. The number of hydrogen-bond acceptors (Lipinski definition) is 9. The Morgan fingerprint density at radius 1 is 1.10 bits per heavy atom. The summed E-state index contributed by atoms with van der Waals surface area (Å²) >= 11 is 0. The van der Waals surface area contributed by atoms with E-state index in [4.69, 9.17) is 24.2 Å². The Bertz CT molecular complexity index is 1420. The summed E-state index contributed by atoms with van der Waals surface area (Å²) in [7, 11) is 1.87. The lowest BCUT2D eigenvalue weighted by molar-refractivity contribution is -0.255. The van der Waals surface area contributed by atoms with Crippen molar-refractivity contribution < 1.29 is 38.9 Å². The van der Waals surface area contributed by atoms with E-state index in [2.05, 4.69) is 18.0 Å². The van der Waals surface area contributed by atoms with Gasteiger partial charge in [-0.25, -0.2) is 4.79 Å². The molecule has 0 spiro atoms. The highest BCUT2D eigenvalue weighted by Gasteiger charge is 2.65. The molecule has 52 heavy (non-hydrogen) atoms. The molecule has 3 N–H and O–H groups in total. The van der Waals surface area contributed by atoms with Crippen molar-refractivity contribution in [1.29, 1.82) is 0 Å². The van der Waals surface area contributed by atoms with E-state index >= 15 is 0 Å². The van der Waals surface area contributed by atoms with E-state index in [1.54, 1.807) is 12.1 Å². The first-order valence-electron chi connectivity index (χ1n) is 19.7. The molecule has 0 saturated heterocycles. The van der Waals surface area contributed by atoms with Crippen molar-refractivity contribution in [3.8, 4) is 11.5 Å². The minimum absolute atomic E-state index is 0.0514. The van der Waals surface area contributed by atoms with Gasteiger partial charge in [-0.15, -0.1) is 6.58 Å². The average molecular weight is 724 g/mol. The Morgan fingerprint density at radius 3 is 2.54 bits per heavy atom. The minimum atomic E-state index is -1.28. The Labute approximate surface area is 309 Å². The summed E-state index contributed by atoms with van der Waals surface area (Å²) in [4.78, 5) is 34.3. The van der Waals surface area contributed by atoms with E-state index in [0.717, 1.165) is 49.0 Å². The quantitative estimate of drug-likeness (QED) is 0.0798. The zero-order valence-electron chi connectivity index (χ0n) is 31.5. The summed E-state index contributed by atoms with van der Waals surface area (Å²) in [5, 5.41) is 27.0. The van der Waals surface area contributed by atoms with Crippen molar-refractivity contribution in [3.63, 3.8) is 0 Å². The SMILES string of the molecule is C=CCO[C@@]12Oc3ccc(OC(=O)NCC)cc3[C@H]3[C@H](CCCCO)[C@@H](CCCCO)C=C(C(=NOCC)C[C@@H]1N(C)C(=O)CCC1CCCC1)[C@H]32. The van der Waals surface area contributed by atoms with Gasteiger partial charge in [-0.1, -0.05) is 55.8 Å². The van der Waals surface area contributed by atoms with Crippen molar-refractivity contribution in [3.05, 3.63) is 48.1 Å². The van der Waals surface area contributed by atoms with Gasteiger partial charge in [0.15, 0.2) is 0 Å². The normalized spacial score (nSPS) is 27.2. The molecule has 11 nitrogen and oxygen atoms in total. The fourth-order valence-corrected chi connectivity index (χ4v) is 9.20. The number of nitrogens with zero attached hydrogens (tertiary/aromatic N) is 2. The first-order chi connectivity index (χ1) is 25.3. The molecule has 288 valence electrons. The number of fused-ring (bicyclic) bond motifs is 2. The predicted molar refractivity (Wildman–Crippen MR) is 200 cm³/mol. The predicted octanol–water partition coefficient (Wildman–Crippen LogP) is 6.88. The molecule has 1 aromatic rings. The molecule has 0 bridgehead atoms. The number of carbonyl (C=O) groups is 2. The second-order valence-electron chi connectivity index (χ2n) is 14.8. The molecule has 3 aliphatic carbocycles. The molecule has 4 aliphatic rings. The summed E-state index contributed by atoms with van der Waals surface area (Å²) in [6, 6.07) is 4.98. The van der Waals surface area contributed by atoms with Gasteiger partial charge >= 0.3 is 6.09 Å². The van der Waals surface area contributed by atoms with Crippen molar-refractivity contribution in [2.24, 2.45) is 28.8 Å². The fourth-order valence-electron chi connectivity index (χ4n) is 9.20. The van der Waals surface area contributed by atoms with Crippen LogP contribution in [0, 0.1) is 23.7 Å². The highest BCUT2D eigenvalue weighted by molar-refractivity contribution is 6.03. The number of amides is 2. The molecule has 1 aliphatic heterocycles. The largest absolute Gasteiger partial charge is 0.459 e. The van der Waals surface area contributed by atoms with Gasteiger partial charge in [0.05, 0.1) is 18.2 Å². The Morgan fingerprint density at radius 2 is 1.85 bits per heavy atom. The van der Waals surface area contributed by atoms with Crippen LogP contribution in [0.15, 0.2) is 47.7 Å². The Balaban J connectivity index is 1.68. The lowest BCUT2D eigenvalue weighted by atomic mass is 9.55. The van der Waals surface area contributed by atoms with E-state index in [1.165, 1.54) is 25.7 Å². The van der Waals surface area contributed by atoms with Crippen LogP contribution in [0.25, 0.3) is 0 Å². The van der Waals surface area contributed by atoms with Crippen LogP contribution in [0.3, 0.4) is 0 Å². The van der Waals surface area contributed by atoms with Gasteiger partial charge in [0.1, 0.15) is 24.1 Å². The van der Waals surface area contributed by atoms with Crippen LogP contribution < -0.4 is 14.8 Å². The maximum atomic E-state index is 14.2. The summed E-state index contributed by atoms with van der Waals surface area (Å²) in [6.45, 7) is 9.00. The number of oxime groups is 1. The number of nitrogens with one attached hydrogen (secondary N) is 1. The lowest BCUT2D eigenvalue weighted by Gasteiger charge is -2.59. The monoisotopic (exact) mass is 723 g/mol. The standard InChI is InChI=1S/C41H61N3O8/c1-5-24-49-41-36(44(4)37(47)21-18-28-14-8-9-15-28)27-34(43-50-7-3)32-25-29(16-10-12-22-45)31(17-11-13-23-46)38(39(32)41)33-26-30(19-20-35(33)52-41)51-40(48)42-6-2/h5,19-20,25-26,28-29,31,36,38-39,45-46H,1,6-18,21-24,27H2,2-4H3,(H,42,48)/t29-,31+,36-,38+,39+,41+/m0/s1. The smallest absolute Gasteiger partial charge is 0.412 e. The summed E-state index contributed by atoms with van der Waals surface area (Å²) in [5.74, 6) is 0.0108. The van der Waals surface area contributed by atoms with Crippen molar-refractivity contribution in [2.45, 2.75) is 115 Å². The molecule has 0 unspecified atom stereocenters. The lowest BCUT2D eigenvalue weighted by Crippen LogP contribution is -2.69. The van der Waals surface area contributed by atoms with Gasteiger partial charge in [-0.3, -0.25) is 4.79 Å². The van der Waals surface area contributed by atoms with Crippen molar-refractivity contribution in [1.82, 2.24) is 10.2 Å². The van der Waals surface area contributed by atoms with E-state index < -0.39 is 23.8 Å². The van der Waals surface area contributed by atoms with Crippen LogP contribution in [0.4, 0.5) is 4.79 Å². The van der Waals surface area contributed by atoms with Gasteiger partial charge in [0.2, 0.25) is 11.7 Å². The Hall–Kier alpha value is -3.41. The van der Waals surface area contributed by atoms with Gasteiger partial charge < -0.3 is 39.5 Å². The van der Waals surface area contributed by atoms with E-state index in [0.29, 0.717) is 56.3 Å². The number of aliphatic hydroxyl groups excluding tert-OH is 2. The van der Waals surface area contributed by atoms with Gasteiger partial charge in [0.25, 0.3) is 0 Å². The van der Waals surface area contributed by atoms with Crippen LogP contribution >= 0.6 is 0 Å². The van der Waals surface area contributed by atoms with Gasteiger partial charge in [-0.05, 0) is 87.5 Å². The summed E-state index contributed by atoms with van der Waals surface area (Å²) in [5.41, 5.74) is 2.67. The number of hydrogen-bond donors (Lipinski definition) is 3. The summed E-state index contributed by atoms with van der Waals surface area (Å²) in [6.07, 6.45) is 14.8. The van der Waals surface area contributed by atoms with Crippen molar-refractivity contribution >= 4 is 17.7 Å². The molecule has 2 amide bonds. The molecule has 1 aromatic carbocycles. The van der Waals surface area contributed by atoms with Crippen LogP contribution in [-0.4, -0.2) is 84.7 Å². The zero-order valence-corrected chi connectivity index (χ0v) is 31.5. The molecule has 6 atom stereocenters. The topological polar surface area (TPSA) is 139 Å². The number of rotatable bonds is 19. The molecule has 1 heterocycles. The van der Waals surface area contributed by atoms with Crippen molar-refractivity contribution in [2.75, 3.05) is 40.0 Å². The highest BCUT2D eigenvalue weighted by Crippen LogP contribution is 2.61. The third-order valence-electron chi connectivity index (χ3n) is 11.6. The van der Waals surface area contributed by atoms with E-state index in [1.807, 2.05) is 37.9 Å². The number of allylic oxidation sites excluding steroid dienone is 1. The number of unbranched alkanes of at least 4 members (excludes halogenated alkanes) is 2. The van der Waals surface area contributed by atoms with Crippen LogP contribution in [0.1, 0.15) is 109 Å². The molecule has 2 fully saturated rings. The second kappa shape index (κ2) is 19.1. The van der Waals surface area contributed by atoms with E-state index in [9.17, 15) is 19.8 Å². The summed E-state index contributed by atoms with van der Waals surface area (Å²) < 4.78 is 19.8. The number of likely N-dealkylation sites (N-methyl/N-ethyl adjacent to an activating group) is 1. The number of benzene rings is 1. The maximum absolute atomic E-state index is 14.2. The maximum Gasteiger partial charge on any atom is 0.412 e.